The number of aromatic nitrogens is 2. The molecular formula is C132H86N4O2. The standard InChI is InChI=1S/C132H86N4O2/c1-2-24-87(25-3-1)88-52-54-89(55-53-88)92-68-75-105(76-69-92)133(106-77-70-93(71-78-106)90-60-64-97(65-61-90)111-34-4-11-45-123(111)135-125-47-13-6-36-115(125)116-37-7-14-48-126(116)135)109-32-20-29-103(84-109)114-42-23-44-122-120-81-74-102(86-130(120)138-132(114)122)96-58-56-95(57-59-96)99-26-18-27-100(82-99)101-28-19-31-108(83-101)134(110-33-21-30-104(85-110)113-41-22-43-121-119-40-10-17-51-129(119)137-131(113)121)107-79-72-94(73-80-107)91-62-66-98(67-63-91)112-35-5-12-46-124(112)136-127-49-15-8-38-117(127)118-39-9-16-50-128(118)136/h1-86H. The highest BCUT2D eigenvalue weighted by molar-refractivity contribution is 6.14. The summed E-state index contributed by atoms with van der Waals surface area (Å²) in [5.74, 6) is 0. The smallest absolute Gasteiger partial charge is 0.143 e. The molecule has 4 aromatic heterocycles. The van der Waals surface area contributed by atoms with E-state index in [4.69, 9.17) is 8.83 Å². The molecule has 26 aromatic rings. The zero-order chi connectivity index (χ0) is 91.1. The fourth-order valence-electron chi connectivity index (χ4n) is 21.0. The van der Waals surface area contributed by atoms with Crippen LogP contribution in [0.3, 0.4) is 0 Å². The van der Waals surface area contributed by atoms with Crippen molar-refractivity contribution < 1.29 is 8.83 Å². The predicted octanol–water partition coefficient (Wildman–Crippen LogP) is 37.0. The Morgan fingerprint density at radius 1 is 0.138 bits per heavy atom. The summed E-state index contributed by atoms with van der Waals surface area (Å²) in [7, 11) is 0. The van der Waals surface area contributed by atoms with Gasteiger partial charge in [-0.25, -0.2) is 0 Å². The number of nitrogens with zero attached hydrogens (tertiary/aromatic N) is 4. The number of benzene rings is 22. The van der Waals surface area contributed by atoms with Crippen molar-refractivity contribution in [1.29, 1.82) is 0 Å². The van der Waals surface area contributed by atoms with E-state index in [2.05, 4.69) is 535 Å². The lowest BCUT2D eigenvalue weighted by molar-refractivity contribution is 0.669. The maximum Gasteiger partial charge on any atom is 0.143 e. The molecule has 0 aliphatic rings. The molecule has 4 heterocycles. The number of hydrogen-bond donors (Lipinski definition) is 0. The number of anilines is 6. The number of fused-ring (bicyclic) bond motifs is 12. The molecule has 0 amide bonds. The predicted molar refractivity (Wildman–Crippen MR) is 579 cm³/mol. The Balaban J connectivity index is 0.489. The first-order valence-electron chi connectivity index (χ1n) is 47.2. The summed E-state index contributed by atoms with van der Waals surface area (Å²) < 4.78 is 18.6. The lowest BCUT2D eigenvalue weighted by atomic mass is 9.96. The van der Waals surface area contributed by atoms with Crippen LogP contribution < -0.4 is 9.80 Å². The van der Waals surface area contributed by atoms with Crippen LogP contribution in [0.2, 0.25) is 0 Å². The van der Waals surface area contributed by atoms with Crippen molar-refractivity contribution in [3.05, 3.63) is 522 Å². The Hall–Kier alpha value is -18.4. The first-order valence-corrected chi connectivity index (χ1v) is 47.2. The Morgan fingerprint density at radius 3 is 0.819 bits per heavy atom. The van der Waals surface area contributed by atoms with Gasteiger partial charge < -0.3 is 27.8 Å². The van der Waals surface area contributed by atoms with Crippen molar-refractivity contribution >= 4 is 122 Å². The third kappa shape index (κ3) is 14.4. The van der Waals surface area contributed by atoms with Gasteiger partial charge in [0.25, 0.3) is 0 Å². The van der Waals surface area contributed by atoms with Gasteiger partial charge in [-0.2, -0.15) is 0 Å². The minimum atomic E-state index is 0.834. The van der Waals surface area contributed by atoms with E-state index >= 15 is 0 Å². The van der Waals surface area contributed by atoms with Gasteiger partial charge in [-0.15, -0.1) is 0 Å². The van der Waals surface area contributed by atoms with Gasteiger partial charge >= 0.3 is 0 Å². The van der Waals surface area contributed by atoms with Crippen molar-refractivity contribution in [2.75, 3.05) is 9.80 Å². The highest BCUT2D eigenvalue weighted by Gasteiger charge is 2.25. The molecule has 0 fully saturated rings. The van der Waals surface area contributed by atoms with Crippen molar-refractivity contribution in [3.8, 4) is 134 Å². The molecular weight excluding hydrogens is 1670 g/mol. The highest BCUT2D eigenvalue weighted by atomic mass is 16.3. The molecule has 0 spiro atoms. The second kappa shape index (κ2) is 34.0. The summed E-state index contributed by atoms with van der Waals surface area (Å²) in [6, 6.07) is 190. The van der Waals surface area contributed by atoms with Gasteiger partial charge in [0.15, 0.2) is 0 Å². The minimum absolute atomic E-state index is 0.834. The van der Waals surface area contributed by atoms with Crippen LogP contribution >= 0.6 is 0 Å². The molecule has 0 atom stereocenters. The normalized spacial score (nSPS) is 11.6. The van der Waals surface area contributed by atoms with E-state index < -0.39 is 0 Å². The Bertz CT molecular complexity index is 9050. The molecule has 0 bridgehead atoms. The zero-order valence-electron chi connectivity index (χ0n) is 75.3. The van der Waals surface area contributed by atoms with Gasteiger partial charge in [0.05, 0.1) is 33.4 Å². The molecule has 0 aliphatic carbocycles. The Kier molecular flexibility index (Phi) is 19.9. The van der Waals surface area contributed by atoms with Crippen LogP contribution in [-0.2, 0) is 0 Å². The number of rotatable bonds is 19. The number of hydrogen-bond acceptors (Lipinski definition) is 4. The van der Waals surface area contributed by atoms with Crippen LogP contribution in [0.5, 0.6) is 0 Å². The maximum atomic E-state index is 7.11. The molecule has 0 saturated carbocycles. The average molecular weight is 1760 g/mol. The highest BCUT2D eigenvalue weighted by Crippen LogP contribution is 2.48. The van der Waals surface area contributed by atoms with E-state index in [1.54, 1.807) is 0 Å². The van der Waals surface area contributed by atoms with Gasteiger partial charge in [0.2, 0.25) is 0 Å². The van der Waals surface area contributed by atoms with E-state index in [-0.39, 0.29) is 0 Å². The minimum Gasteiger partial charge on any atom is -0.455 e. The molecule has 0 aliphatic heterocycles. The fourth-order valence-corrected chi connectivity index (χ4v) is 21.0. The third-order valence-corrected chi connectivity index (χ3v) is 27.8. The fraction of sp³-hybridized carbons (Fsp3) is 0. The van der Waals surface area contributed by atoms with Crippen LogP contribution in [0.25, 0.3) is 221 Å². The summed E-state index contributed by atoms with van der Waals surface area (Å²) >= 11 is 0. The van der Waals surface area contributed by atoms with Gasteiger partial charge in [0, 0.05) is 99.5 Å². The molecule has 646 valence electrons. The van der Waals surface area contributed by atoms with Gasteiger partial charge in [0.1, 0.15) is 22.3 Å². The largest absolute Gasteiger partial charge is 0.455 e. The van der Waals surface area contributed by atoms with Crippen LogP contribution in [0.1, 0.15) is 0 Å². The van der Waals surface area contributed by atoms with E-state index in [9.17, 15) is 0 Å². The van der Waals surface area contributed by atoms with Crippen molar-refractivity contribution in [2.24, 2.45) is 0 Å². The zero-order valence-corrected chi connectivity index (χ0v) is 75.3. The Morgan fingerprint density at radius 2 is 0.391 bits per heavy atom. The molecule has 0 radical (unpaired) electrons. The van der Waals surface area contributed by atoms with Crippen LogP contribution in [0.4, 0.5) is 34.1 Å². The van der Waals surface area contributed by atoms with Crippen molar-refractivity contribution in [3.63, 3.8) is 0 Å². The van der Waals surface area contributed by atoms with Crippen LogP contribution in [0, 0.1) is 0 Å². The first-order chi connectivity index (χ1) is 68.4. The number of para-hydroxylation sites is 9. The van der Waals surface area contributed by atoms with Gasteiger partial charge in [-0.1, -0.05) is 388 Å². The topological polar surface area (TPSA) is 42.6 Å². The second-order valence-electron chi connectivity index (χ2n) is 35.8. The van der Waals surface area contributed by atoms with E-state index in [1.807, 2.05) is 6.07 Å². The number of furan rings is 2. The molecule has 26 rings (SSSR count). The van der Waals surface area contributed by atoms with Crippen LogP contribution in [-0.4, -0.2) is 9.13 Å². The van der Waals surface area contributed by atoms with Crippen LogP contribution in [0.15, 0.2) is 531 Å². The van der Waals surface area contributed by atoms with E-state index in [0.29, 0.717) is 0 Å². The van der Waals surface area contributed by atoms with Crippen molar-refractivity contribution in [1.82, 2.24) is 9.13 Å². The average Bonchev–Trinajstić information content (AvgIpc) is 1.59. The summed E-state index contributed by atoms with van der Waals surface area (Å²) in [6.07, 6.45) is 0. The van der Waals surface area contributed by atoms with Gasteiger partial charge in [-0.05, 0) is 234 Å². The maximum absolute atomic E-state index is 7.11. The van der Waals surface area contributed by atoms with Gasteiger partial charge in [-0.3, -0.25) is 0 Å². The molecule has 6 heteroatoms. The lowest BCUT2D eigenvalue weighted by Crippen LogP contribution is -2.10. The third-order valence-electron chi connectivity index (χ3n) is 27.8. The summed E-state index contributed by atoms with van der Waals surface area (Å²) in [5.41, 5.74) is 41.4. The van der Waals surface area contributed by atoms with E-state index in [0.717, 1.165) is 190 Å². The Labute approximate surface area is 799 Å². The molecule has 22 aromatic carbocycles. The molecule has 0 N–H and O–H groups in total. The molecule has 138 heavy (non-hydrogen) atoms. The second-order valence-corrected chi connectivity index (χ2v) is 35.8. The molecule has 0 unspecified atom stereocenters. The summed E-state index contributed by atoms with van der Waals surface area (Å²) in [6.45, 7) is 0. The molecule has 6 nitrogen and oxygen atoms in total. The SMILES string of the molecule is c1ccc(-c2ccc(-c3ccc(N(c4ccc(-c5ccc(-c6ccccc6-n6c7ccccc7c7ccccc76)cc5)cc4)c4cccc(-c5cccc6c5oc5cc(-c7ccc(-c8cccc(-c9cccc(N(c%10ccc(-c%11ccc(-c%12ccccc%12-n%12c%13ccccc%13c%13ccccc%13%12)cc%11)cc%10)c%10cccc(-c%11cccc%12c%11oc%11ccccc%11%12)c%10)c9)c8)cc7)ccc56)c4)cc3)cc2)cc1. The van der Waals surface area contributed by atoms with Crippen molar-refractivity contribution in [2.45, 2.75) is 0 Å². The first kappa shape index (κ1) is 80.5. The quantitative estimate of drug-likeness (QED) is 0.0809. The monoisotopic (exact) mass is 1760 g/mol. The lowest BCUT2D eigenvalue weighted by Gasteiger charge is -2.27. The summed E-state index contributed by atoms with van der Waals surface area (Å²) in [4.78, 5) is 4.75. The van der Waals surface area contributed by atoms with E-state index in [1.165, 1.54) is 65.9 Å². The molecule has 0 saturated heterocycles. The summed E-state index contributed by atoms with van der Waals surface area (Å²) in [5, 5.41) is 9.33.